The average Bonchev–Trinajstić information content (AvgIpc) is 2.83. The number of aryl methyl sites for hydroxylation is 1. The van der Waals surface area contributed by atoms with Crippen molar-refractivity contribution in [3.63, 3.8) is 0 Å². The fourth-order valence-electron chi connectivity index (χ4n) is 2.18. The molecule has 0 atom stereocenters. The summed E-state index contributed by atoms with van der Waals surface area (Å²) in [7, 11) is 4.13. The number of rotatable bonds is 6. The van der Waals surface area contributed by atoms with Gasteiger partial charge in [-0.3, -0.25) is 4.79 Å². The molecule has 0 saturated carbocycles. The van der Waals surface area contributed by atoms with Crippen LogP contribution in [0.1, 0.15) is 22.5 Å². The van der Waals surface area contributed by atoms with Crippen LogP contribution in [0.3, 0.4) is 0 Å². The molecule has 1 aromatic carbocycles. The van der Waals surface area contributed by atoms with Crippen molar-refractivity contribution in [2.45, 2.75) is 12.8 Å². The van der Waals surface area contributed by atoms with Crippen LogP contribution in [0.15, 0.2) is 36.4 Å². The topological polar surface area (TPSA) is 36.1 Å². The van der Waals surface area contributed by atoms with Crippen molar-refractivity contribution in [2.24, 2.45) is 0 Å². The summed E-state index contributed by atoms with van der Waals surface area (Å²) < 4.78 is 0. The third-order valence-corrected chi connectivity index (χ3v) is 3.19. The molecule has 0 radical (unpaired) electrons. The van der Waals surface area contributed by atoms with Crippen molar-refractivity contribution in [3.05, 3.63) is 47.7 Å². The Morgan fingerprint density at radius 1 is 1.21 bits per heavy atom. The summed E-state index contributed by atoms with van der Waals surface area (Å²) in [6.07, 6.45) is 2.90. The van der Waals surface area contributed by atoms with Crippen LogP contribution in [0.2, 0.25) is 0 Å². The molecular weight excluding hydrogens is 236 g/mol. The molecule has 0 saturated heterocycles. The second kappa shape index (κ2) is 6.34. The predicted octanol–water partition coefficient (Wildman–Crippen LogP) is 2.99. The molecule has 1 heterocycles. The number of carbonyl (C=O) groups is 1. The minimum Gasteiger partial charge on any atom is -0.352 e. The summed E-state index contributed by atoms with van der Waals surface area (Å²) in [5.41, 5.74) is 3.94. The SMILES string of the molecule is CN(C)CCCc1cc(-c2ccccc2)[nH]c1C=O. The monoisotopic (exact) mass is 256 g/mol. The van der Waals surface area contributed by atoms with E-state index < -0.39 is 0 Å². The number of benzene rings is 1. The number of aromatic nitrogens is 1. The minimum absolute atomic E-state index is 0.706. The molecule has 0 fully saturated rings. The minimum atomic E-state index is 0.706. The van der Waals surface area contributed by atoms with Crippen LogP contribution in [0.4, 0.5) is 0 Å². The van der Waals surface area contributed by atoms with E-state index >= 15 is 0 Å². The highest BCUT2D eigenvalue weighted by atomic mass is 16.1. The first-order chi connectivity index (χ1) is 9.20. The Labute approximate surface area is 114 Å². The largest absolute Gasteiger partial charge is 0.352 e. The molecule has 0 spiro atoms. The van der Waals surface area contributed by atoms with Gasteiger partial charge in [-0.15, -0.1) is 0 Å². The van der Waals surface area contributed by atoms with E-state index in [0.29, 0.717) is 5.69 Å². The fraction of sp³-hybridized carbons (Fsp3) is 0.312. The number of nitrogens with one attached hydrogen (secondary N) is 1. The van der Waals surface area contributed by atoms with Gasteiger partial charge in [0, 0.05) is 5.69 Å². The maximum absolute atomic E-state index is 11.1. The molecule has 19 heavy (non-hydrogen) atoms. The number of H-pyrrole nitrogens is 1. The van der Waals surface area contributed by atoms with E-state index in [0.717, 1.165) is 42.5 Å². The molecule has 0 aliphatic carbocycles. The molecule has 100 valence electrons. The number of hydrogen-bond acceptors (Lipinski definition) is 2. The highest BCUT2D eigenvalue weighted by Gasteiger charge is 2.08. The zero-order chi connectivity index (χ0) is 13.7. The predicted molar refractivity (Wildman–Crippen MR) is 78.5 cm³/mol. The van der Waals surface area contributed by atoms with Gasteiger partial charge in [-0.25, -0.2) is 0 Å². The van der Waals surface area contributed by atoms with Crippen LogP contribution in [0.5, 0.6) is 0 Å². The Morgan fingerprint density at radius 3 is 2.58 bits per heavy atom. The van der Waals surface area contributed by atoms with Crippen molar-refractivity contribution < 1.29 is 4.79 Å². The summed E-state index contributed by atoms with van der Waals surface area (Å²) in [6.45, 7) is 1.03. The Bertz CT molecular complexity index is 529. The summed E-state index contributed by atoms with van der Waals surface area (Å²) in [5, 5.41) is 0. The van der Waals surface area contributed by atoms with Crippen LogP contribution in [-0.4, -0.2) is 36.8 Å². The van der Waals surface area contributed by atoms with Crippen molar-refractivity contribution in [3.8, 4) is 11.3 Å². The highest BCUT2D eigenvalue weighted by Crippen LogP contribution is 2.22. The molecule has 0 aliphatic rings. The Hall–Kier alpha value is -1.87. The van der Waals surface area contributed by atoms with Gasteiger partial charge in [-0.05, 0) is 50.7 Å². The quantitative estimate of drug-likeness (QED) is 0.807. The lowest BCUT2D eigenvalue weighted by molar-refractivity contribution is 0.111. The first-order valence-corrected chi connectivity index (χ1v) is 6.58. The summed E-state index contributed by atoms with van der Waals surface area (Å²) >= 11 is 0. The van der Waals surface area contributed by atoms with Gasteiger partial charge in [0.2, 0.25) is 0 Å². The van der Waals surface area contributed by atoms with Crippen LogP contribution in [0.25, 0.3) is 11.3 Å². The standard InChI is InChI=1S/C16H20N2O/c1-18(2)10-6-9-14-11-15(17-16(14)12-19)13-7-4-3-5-8-13/h3-5,7-8,11-12,17H,6,9-10H2,1-2H3. The molecule has 2 aromatic rings. The molecule has 0 amide bonds. The highest BCUT2D eigenvalue weighted by molar-refractivity contribution is 5.78. The van der Waals surface area contributed by atoms with Crippen molar-refractivity contribution >= 4 is 6.29 Å². The van der Waals surface area contributed by atoms with E-state index in [1.165, 1.54) is 0 Å². The fourth-order valence-corrected chi connectivity index (χ4v) is 2.18. The maximum Gasteiger partial charge on any atom is 0.166 e. The summed E-state index contributed by atoms with van der Waals surface area (Å²) in [4.78, 5) is 16.5. The van der Waals surface area contributed by atoms with Crippen molar-refractivity contribution in [1.82, 2.24) is 9.88 Å². The number of hydrogen-bond donors (Lipinski definition) is 1. The zero-order valence-electron chi connectivity index (χ0n) is 11.5. The molecule has 0 unspecified atom stereocenters. The molecule has 0 aliphatic heterocycles. The van der Waals surface area contributed by atoms with Gasteiger partial charge in [0.1, 0.15) is 0 Å². The van der Waals surface area contributed by atoms with E-state index in [2.05, 4.69) is 30.0 Å². The maximum atomic E-state index is 11.1. The van der Waals surface area contributed by atoms with E-state index in [1.54, 1.807) is 0 Å². The number of aromatic amines is 1. The molecule has 3 nitrogen and oxygen atoms in total. The molecule has 1 N–H and O–H groups in total. The van der Waals surface area contributed by atoms with Crippen LogP contribution >= 0.6 is 0 Å². The molecule has 1 aromatic heterocycles. The van der Waals surface area contributed by atoms with Gasteiger partial charge in [0.05, 0.1) is 5.69 Å². The van der Waals surface area contributed by atoms with E-state index in [4.69, 9.17) is 0 Å². The van der Waals surface area contributed by atoms with Gasteiger partial charge >= 0.3 is 0 Å². The van der Waals surface area contributed by atoms with E-state index in [1.807, 2.05) is 30.3 Å². The Kier molecular flexibility index (Phi) is 4.53. The second-order valence-corrected chi connectivity index (χ2v) is 5.01. The van der Waals surface area contributed by atoms with Gasteiger partial charge in [-0.2, -0.15) is 0 Å². The van der Waals surface area contributed by atoms with Crippen molar-refractivity contribution in [2.75, 3.05) is 20.6 Å². The third kappa shape index (κ3) is 3.55. The average molecular weight is 256 g/mol. The number of aldehydes is 1. The first kappa shape index (κ1) is 13.6. The van der Waals surface area contributed by atoms with Gasteiger partial charge < -0.3 is 9.88 Å². The lowest BCUT2D eigenvalue weighted by Crippen LogP contribution is -2.13. The normalized spacial score (nSPS) is 10.9. The van der Waals surface area contributed by atoms with Crippen LogP contribution in [0, 0.1) is 0 Å². The lowest BCUT2D eigenvalue weighted by Gasteiger charge is -2.08. The number of carbonyl (C=O) groups excluding carboxylic acids is 1. The number of nitrogens with zero attached hydrogens (tertiary/aromatic N) is 1. The summed E-state index contributed by atoms with van der Waals surface area (Å²) in [5.74, 6) is 0. The van der Waals surface area contributed by atoms with Gasteiger partial charge in [0.15, 0.2) is 6.29 Å². The van der Waals surface area contributed by atoms with E-state index in [9.17, 15) is 4.79 Å². The zero-order valence-corrected chi connectivity index (χ0v) is 11.5. The van der Waals surface area contributed by atoms with E-state index in [-0.39, 0.29) is 0 Å². The van der Waals surface area contributed by atoms with Crippen LogP contribution < -0.4 is 0 Å². The van der Waals surface area contributed by atoms with Gasteiger partial charge in [0.25, 0.3) is 0 Å². The third-order valence-electron chi connectivity index (χ3n) is 3.19. The smallest absolute Gasteiger partial charge is 0.166 e. The molecule has 3 heteroatoms. The lowest BCUT2D eigenvalue weighted by atomic mass is 10.1. The molecular formula is C16H20N2O. The molecule has 2 rings (SSSR count). The van der Waals surface area contributed by atoms with Crippen molar-refractivity contribution in [1.29, 1.82) is 0 Å². The Balaban J connectivity index is 2.16. The second-order valence-electron chi connectivity index (χ2n) is 5.01. The Morgan fingerprint density at radius 2 is 1.95 bits per heavy atom. The first-order valence-electron chi connectivity index (χ1n) is 6.58. The van der Waals surface area contributed by atoms with Gasteiger partial charge in [-0.1, -0.05) is 30.3 Å². The molecule has 0 bridgehead atoms. The van der Waals surface area contributed by atoms with Crippen LogP contribution in [-0.2, 0) is 6.42 Å². The summed E-state index contributed by atoms with van der Waals surface area (Å²) in [6, 6.07) is 12.2.